The fraction of sp³-hybridized carbons (Fsp3) is 0.417. The average molecular weight is 191 g/mol. The van der Waals surface area contributed by atoms with E-state index in [9.17, 15) is 4.79 Å². The second-order valence-corrected chi connectivity index (χ2v) is 3.53. The monoisotopic (exact) mass is 191 g/mol. The highest BCUT2D eigenvalue weighted by molar-refractivity contribution is 5.76. The third-order valence-corrected chi connectivity index (χ3v) is 2.43. The van der Waals surface area contributed by atoms with Crippen molar-refractivity contribution in [3.05, 3.63) is 36.1 Å². The number of carbonyl (C=O) groups excluding carboxylic acids is 1. The van der Waals surface area contributed by atoms with E-state index < -0.39 is 0 Å². The van der Waals surface area contributed by atoms with Crippen LogP contribution in [0, 0.1) is 0 Å². The summed E-state index contributed by atoms with van der Waals surface area (Å²) in [5, 5.41) is 0. The first-order valence-electron chi connectivity index (χ1n) is 4.93. The van der Waals surface area contributed by atoms with Crippen LogP contribution >= 0.6 is 0 Å². The van der Waals surface area contributed by atoms with E-state index in [2.05, 4.69) is 13.5 Å². The lowest BCUT2D eigenvalue weighted by Crippen LogP contribution is -2.31. The van der Waals surface area contributed by atoms with Crippen LogP contribution in [0.3, 0.4) is 0 Å². The lowest BCUT2D eigenvalue weighted by molar-refractivity contribution is -0.127. The van der Waals surface area contributed by atoms with Crippen molar-refractivity contribution in [2.75, 3.05) is 6.54 Å². The van der Waals surface area contributed by atoms with Gasteiger partial charge in [0.25, 0.3) is 0 Å². The SMILES string of the molecule is C=C/C=C\C1=C(C)CCCN1C(C)=O. The standard InChI is InChI=1S/C12H17NO/c1-4-5-8-12-10(2)7-6-9-13(12)11(3)14/h4-5,8H,1,6-7,9H2,2-3H3/b8-5-. The van der Waals surface area contributed by atoms with Crippen molar-refractivity contribution in [1.82, 2.24) is 4.90 Å². The predicted molar refractivity (Wildman–Crippen MR) is 58.7 cm³/mol. The molecule has 0 aromatic rings. The lowest BCUT2D eigenvalue weighted by atomic mass is 10.0. The topological polar surface area (TPSA) is 20.3 Å². The molecule has 0 spiro atoms. The Labute approximate surface area is 85.6 Å². The molecule has 14 heavy (non-hydrogen) atoms. The Morgan fingerprint density at radius 3 is 2.86 bits per heavy atom. The van der Waals surface area contributed by atoms with Crippen LogP contribution in [0.4, 0.5) is 0 Å². The van der Waals surface area contributed by atoms with Crippen molar-refractivity contribution >= 4 is 5.91 Å². The first-order valence-corrected chi connectivity index (χ1v) is 4.93. The fourth-order valence-corrected chi connectivity index (χ4v) is 1.70. The van der Waals surface area contributed by atoms with E-state index in [4.69, 9.17) is 0 Å². The molecule has 1 heterocycles. The molecule has 76 valence electrons. The van der Waals surface area contributed by atoms with E-state index in [-0.39, 0.29) is 5.91 Å². The van der Waals surface area contributed by atoms with Crippen molar-refractivity contribution in [2.24, 2.45) is 0 Å². The molecular weight excluding hydrogens is 174 g/mol. The molecule has 0 aliphatic carbocycles. The van der Waals surface area contributed by atoms with Crippen LogP contribution in [0.25, 0.3) is 0 Å². The Morgan fingerprint density at radius 2 is 2.29 bits per heavy atom. The van der Waals surface area contributed by atoms with Crippen molar-refractivity contribution in [1.29, 1.82) is 0 Å². The highest BCUT2D eigenvalue weighted by atomic mass is 16.2. The second-order valence-electron chi connectivity index (χ2n) is 3.53. The molecule has 1 aliphatic heterocycles. The number of hydrogen-bond donors (Lipinski definition) is 0. The molecule has 0 saturated carbocycles. The maximum absolute atomic E-state index is 11.3. The van der Waals surface area contributed by atoms with E-state index in [1.54, 1.807) is 13.0 Å². The van der Waals surface area contributed by atoms with Gasteiger partial charge in [-0.3, -0.25) is 4.79 Å². The summed E-state index contributed by atoms with van der Waals surface area (Å²) in [6.45, 7) is 8.16. The first-order chi connectivity index (χ1) is 6.66. The summed E-state index contributed by atoms with van der Waals surface area (Å²) in [7, 11) is 0. The minimum atomic E-state index is 0.118. The Kier molecular flexibility index (Phi) is 3.69. The maximum Gasteiger partial charge on any atom is 0.223 e. The molecule has 0 radical (unpaired) electrons. The normalized spacial score (nSPS) is 17.7. The molecular formula is C12H17NO. The minimum absolute atomic E-state index is 0.118. The van der Waals surface area contributed by atoms with E-state index in [0.29, 0.717) is 0 Å². The summed E-state index contributed by atoms with van der Waals surface area (Å²) in [4.78, 5) is 13.2. The predicted octanol–water partition coefficient (Wildman–Crippen LogP) is 2.64. The quantitative estimate of drug-likeness (QED) is 0.614. The molecule has 1 rings (SSSR count). The van der Waals surface area contributed by atoms with E-state index in [1.807, 2.05) is 17.1 Å². The Hall–Kier alpha value is -1.31. The molecule has 0 aromatic heterocycles. The van der Waals surface area contributed by atoms with Crippen LogP contribution in [-0.2, 0) is 4.79 Å². The summed E-state index contributed by atoms with van der Waals surface area (Å²) in [6.07, 6.45) is 7.72. The first kappa shape index (κ1) is 10.8. The van der Waals surface area contributed by atoms with Gasteiger partial charge in [-0.05, 0) is 31.4 Å². The van der Waals surface area contributed by atoms with Crippen molar-refractivity contribution in [2.45, 2.75) is 26.7 Å². The fourth-order valence-electron chi connectivity index (χ4n) is 1.70. The average Bonchev–Trinajstić information content (AvgIpc) is 2.15. The Bertz CT molecular complexity index is 299. The van der Waals surface area contributed by atoms with Gasteiger partial charge in [-0.25, -0.2) is 0 Å². The zero-order chi connectivity index (χ0) is 10.6. The van der Waals surface area contributed by atoms with Crippen LogP contribution < -0.4 is 0 Å². The number of nitrogens with zero attached hydrogens (tertiary/aromatic N) is 1. The second kappa shape index (κ2) is 4.80. The largest absolute Gasteiger partial charge is 0.313 e. The van der Waals surface area contributed by atoms with Crippen molar-refractivity contribution < 1.29 is 4.79 Å². The molecule has 0 bridgehead atoms. The summed E-state index contributed by atoms with van der Waals surface area (Å²) in [6, 6.07) is 0. The van der Waals surface area contributed by atoms with Gasteiger partial charge in [-0.15, -0.1) is 0 Å². The molecule has 0 atom stereocenters. The van der Waals surface area contributed by atoms with Crippen LogP contribution in [0.1, 0.15) is 26.7 Å². The summed E-state index contributed by atoms with van der Waals surface area (Å²) < 4.78 is 0. The Morgan fingerprint density at radius 1 is 1.57 bits per heavy atom. The van der Waals surface area contributed by atoms with Gasteiger partial charge in [0.05, 0.1) is 0 Å². The molecule has 0 saturated heterocycles. The number of rotatable bonds is 2. The molecule has 0 unspecified atom stereocenters. The van der Waals surface area contributed by atoms with E-state index >= 15 is 0 Å². The zero-order valence-corrected chi connectivity index (χ0v) is 8.92. The number of hydrogen-bond acceptors (Lipinski definition) is 1. The number of allylic oxidation sites excluding steroid dienone is 4. The van der Waals surface area contributed by atoms with E-state index in [0.717, 1.165) is 25.1 Å². The van der Waals surface area contributed by atoms with Gasteiger partial charge in [0.15, 0.2) is 0 Å². The molecule has 2 heteroatoms. The molecule has 1 aliphatic rings. The van der Waals surface area contributed by atoms with Crippen LogP contribution in [0.5, 0.6) is 0 Å². The molecule has 0 fully saturated rings. The van der Waals surface area contributed by atoms with Crippen molar-refractivity contribution in [3.63, 3.8) is 0 Å². The smallest absolute Gasteiger partial charge is 0.223 e. The molecule has 0 aromatic carbocycles. The van der Waals surface area contributed by atoms with Crippen LogP contribution in [-0.4, -0.2) is 17.4 Å². The third kappa shape index (κ3) is 2.34. The molecule has 2 nitrogen and oxygen atoms in total. The summed E-state index contributed by atoms with van der Waals surface area (Å²) >= 11 is 0. The van der Waals surface area contributed by atoms with Gasteiger partial charge in [0.1, 0.15) is 0 Å². The van der Waals surface area contributed by atoms with Crippen molar-refractivity contribution in [3.8, 4) is 0 Å². The molecule has 0 N–H and O–H groups in total. The summed E-state index contributed by atoms with van der Waals surface area (Å²) in [5.74, 6) is 0.118. The van der Waals surface area contributed by atoms with Gasteiger partial charge in [-0.2, -0.15) is 0 Å². The highest BCUT2D eigenvalue weighted by Gasteiger charge is 2.18. The van der Waals surface area contributed by atoms with E-state index in [1.165, 1.54) is 5.57 Å². The maximum atomic E-state index is 11.3. The van der Waals surface area contributed by atoms with Gasteiger partial charge in [-0.1, -0.05) is 18.7 Å². The van der Waals surface area contributed by atoms with Gasteiger partial charge < -0.3 is 4.90 Å². The Balaban J connectivity index is 2.96. The van der Waals surface area contributed by atoms with Gasteiger partial charge in [0, 0.05) is 19.2 Å². The van der Waals surface area contributed by atoms with Crippen LogP contribution in [0.15, 0.2) is 36.1 Å². The molecule has 1 amide bonds. The number of carbonyl (C=O) groups is 1. The number of amides is 1. The highest BCUT2D eigenvalue weighted by Crippen LogP contribution is 2.22. The summed E-state index contributed by atoms with van der Waals surface area (Å²) in [5.41, 5.74) is 2.33. The third-order valence-electron chi connectivity index (χ3n) is 2.43. The van der Waals surface area contributed by atoms with Gasteiger partial charge >= 0.3 is 0 Å². The minimum Gasteiger partial charge on any atom is -0.313 e. The lowest BCUT2D eigenvalue weighted by Gasteiger charge is -2.28. The van der Waals surface area contributed by atoms with Gasteiger partial charge in [0.2, 0.25) is 5.91 Å². The van der Waals surface area contributed by atoms with Crippen LogP contribution in [0.2, 0.25) is 0 Å². The zero-order valence-electron chi connectivity index (χ0n) is 8.92.